The Hall–Kier alpha value is -1.35. The van der Waals surface area contributed by atoms with Gasteiger partial charge in [0.2, 0.25) is 0 Å². The number of phenols is 1. The molecule has 0 aliphatic carbocycles. The molecule has 0 saturated heterocycles. The first-order valence-electron chi connectivity index (χ1n) is 5.16. The van der Waals surface area contributed by atoms with E-state index in [2.05, 4.69) is 19.1 Å². The second-order valence-corrected chi connectivity index (χ2v) is 4.07. The predicted octanol–water partition coefficient (Wildman–Crippen LogP) is 2.47. The van der Waals surface area contributed by atoms with Crippen molar-refractivity contribution >= 4 is 19.0 Å². The summed E-state index contributed by atoms with van der Waals surface area (Å²) in [5.41, 5.74) is 1.33. The molecule has 17 heavy (non-hydrogen) atoms. The molecule has 0 fully saturated rings. The lowest BCUT2D eigenvalue weighted by Gasteiger charge is -2.01. The topological polar surface area (TPSA) is 77.8 Å². The van der Waals surface area contributed by atoms with Crippen molar-refractivity contribution in [3.8, 4) is 5.75 Å². The molecule has 2 aromatic carbocycles. The van der Waals surface area contributed by atoms with Gasteiger partial charge in [-0.25, -0.2) is 0 Å². The van der Waals surface area contributed by atoms with Gasteiger partial charge in [-0.2, -0.15) is 0 Å². The molecule has 0 atom stereocenters. The molecular weight excluding hydrogens is 239 g/mol. The normalized spacial score (nSPS) is 10.1. The Labute approximate surface area is 100 Å². The minimum atomic E-state index is -3.13. The highest BCUT2D eigenvalue weighted by Gasteiger charge is 1.95. The van der Waals surface area contributed by atoms with E-state index in [1.54, 1.807) is 12.1 Å². The van der Waals surface area contributed by atoms with Crippen LogP contribution in [0.15, 0.2) is 36.4 Å². The summed E-state index contributed by atoms with van der Waals surface area (Å²) in [5, 5.41) is 11.5. The number of rotatable bonds is 1. The molecule has 2 rings (SSSR count). The van der Waals surface area contributed by atoms with Crippen molar-refractivity contribution in [2.24, 2.45) is 0 Å². The van der Waals surface area contributed by atoms with Crippen LogP contribution in [0.1, 0.15) is 12.5 Å². The Bertz CT molecular complexity index is 521. The fraction of sp³-hybridized carbons (Fsp3) is 0.167. The Balaban J connectivity index is 0.000000317. The minimum Gasteiger partial charge on any atom is -0.508 e. The van der Waals surface area contributed by atoms with Gasteiger partial charge in [0.25, 0.3) is 0 Å². The zero-order valence-electron chi connectivity index (χ0n) is 9.42. The van der Waals surface area contributed by atoms with Gasteiger partial charge in [0.1, 0.15) is 5.75 Å². The van der Waals surface area contributed by atoms with Crippen molar-refractivity contribution in [1.82, 2.24) is 0 Å². The molecule has 4 nitrogen and oxygen atoms in total. The molecule has 2 aromatic rings. The monoisotopic (exact) mass is 254 g/mol. The number of aryl methyl sites for hydroxylation is 1. The molecule has 0 aliphatic heterocycles. The third-order valence-electron chi connectivity index (χ3n) is 2.30. The summed E-state index contributed by atoms with van der Waals surface area (Å²) in [6.45, 7) is 2.14. The quantitative estimate of drug-likeness (QED) is 0.683. The molecule has 0 unspecified atom stereocenters. The zero-order chi connectivity index (χ0) is 12.8. The number of fused-ring (bicyclic) bond motifs is 1. The largest absolute Gasteiger partial charge is 0.508 e. The second kappa shape index (κ2) is 6.40. The van der Waals surface area contributed by atoms with Gasteiger partial charge in [-0.05, 0) is 34.9 Å². The van der Waals surface area contributed by atoms with Crippen molar-refractivity contribution in [2.45, 2.75) is 13.3 Å². The smallest absolute Gasteiger partial charge is 0.314 e. The first-order valence-corrected chi connectivity index (χ1v) is 6.46. The average molecular weight is 254 g/mol. The van der Waals surface area contributed by atoms with Gasteiger partial charge in [0.05, 0.1) is 0 Å². The Kier molecular flexibility index (Phi) is 5.16. The zero-order valence-corrected chi connectivity index (χ0v) is 10.4. The molecule has 0 heterocycles. The first-order chi connectivity index (χ1) is 8.02. The number of hydrogen-bond donors (Lipinski definition) is 3. The second-order valence-electron chi connectivity index (χ2n) is 3.50. The van der Waals surface area contributed by atoms with Crippen LogP contribution in [0.4, 0.5) is 0 Å². The lowest BCUT2D eigenvalue weighted by atomic mass is 10.1. The summed E-state index contributed by atoms with van der Waals surface area (Å²) >= 11 is 0. The summed E-state index contributed by atoms with van der Waals surface area (Å²) in [6, 6.07) is 11.8. The third-order valence-corrected chi connectivity index (χ3v) is 2.30. The third kappa shape index (κ3) is 4.57. The van der Waals surface area contributed by atoms with Gasteiger partial charge in [-0.3, -0.25) is 4.57 Å². The predicted molar refractivity (Wildman–Crippen MR) is 68.4 cm³/mol. The van der Waals surface area contributed by atoms with Crippen molar-refractivity contribution in [1.29, 1.82) is 0 Å². The van der Waals surface area contributed by atoms with Crippen molar-refractivity contribution in [2.75, 3.05) is 0 Å². The van der Waals surface area contributed by atoms with Crippen LogP contribution in [0.25, 0.3) is 10.8 Å². The highest BCUT2D eigenvalue weighted by Crippen LogP contribution is 2.21. The van der Waals surface area contributed by atoms with Crippen LogP contribution in [0.5, 0.6) is 5.75 Å². The van der Waals surface area contributed by atoms with E-state index in [1.807, 2.05) is 12.1 Å². The van der Waals surface area contributed by atoms with Gasteiger partial charge < -0.3 is 14.9 Å². The molecule has 5 heteroatoms. The molecule has 0 amide bonds. The molecule has 0 spiro atoms. The average Bonchev–Trinajstić information content (AvgIpc) is 2.27. The van der Waals surface area contributed by atoms with Gasteiger partial charge in [0, 0.05) is 0 Å². The molecule has 0 radical (unpaired) electrons. The van der Waals surface area contributed by atoms with E-state index in [9.17, 15) is 5.11 Å². The standard InChI is InChI=1S/C12H12O.H3O3P/c1-2-9-3-4-11-8-12(13)6-5-10(11)7-9;1-4(2)3/h3-8,13H,2H2,1H3;4H,(H2,1,2,3). The number of phenolic OH excluding ortho intramolecular Hbond substituents is 1. The fourth-order valence-corrected chi connectivity index (χ4v) is 1.50. The molecule has 3 N–H and O–H groups in total. The van der Waals surface area contributed by atoms with E-state index in [1.165, 1.54) is 10.9 Å². The summed E-state index contributed by atoms with van der Waals surface area (Å²) < 4.78 is 8.74. The van der Waals surface area contributed by atoms with E-state index in [4.69, 9.17) is 14.4 Å². The van der Waals surface area contributed by atoms with Gasteiger partial charge in [0.15, 0.2) is 0 Å². The van der Waals surface area contributed by atoms with E-state index in [0.29, 0.717) is 5.75 Å². The minimum absolute atomic E-state index is 0.330. The van der Waals surface area contributed by atoms with E-state index in [-0.39, 0.29) is 0 Å². The molecule has 0 bridgehead atoms. The van der Waals surface area contributed by atoms with Crippen molar-refractivity contribution in [3.63, 3.8) is 0 Å². The number of benzene rings is 2. The van der Waals surface area contributed by atoms with Crippen molar-refractivity contribution < 1.29 is 19.5 Å². The Morgan fingerprint density at radius 1 is 1.06 bits per heavy atom. The lowest BCUT2D eigenvalue weighted by molar-refractivity contribution is 0.405. The lowest BCUT2D eigenvalue weighted by Crippen LogP contribution is -1.79. The fourth-order valence-electron chi connectivity index (χ4n) is 1.50. The summed E-state index contributed by atoms with van der Waals surface area (Å²) in [6.07, 6.45) is 1.05. The Morgan fingerprint density at radius 2 is 1.59 bits per heavy atom. The van der Waals surface area contributed by atoms with Crippen LogP contribution >= 0.6 is 8.25 Å². The van der Waals surface area contributed by atoms with Crippen molar-refractivity contribution in [3.05, 3.63) is 42.0 Å². The maximum absolute atomic E-state index is 9.26. The summed E-state index contributed by atoms with van der Waals surface area (Å²) in [5.74, 6) is 0.330. The van der Waals surface area contributed by atoms with Crippen LogP contribution in [-0.2, 0) is 11.0 Å². The maximum Gasteiger partial charge on any atom is 0.314 e. The van der Waals surface area contributed by atoms with E-state index >= 15 is 0 Å². The maximum atomic E-state index is 9.26. The van der Waals surface area contributed by atoms with Crippen LogP contribution in [0, 0.1) is 0 Å². The van der Waals surface area contributed by atoms with Gasteiger partial charge in [-0.15, -0.1) is 0 Å². The molecule has 0 aromatic heterocycles. The van der Waals surface area contributed by atoms with Crippen LogP contribution in [-0.4, -0.2) is 14.9 Å². The highest BCUT2D eigenvalue weighted by molar-refractivity contribution is 7.30. The SMILES string of the molecule is CCc1ccc2cc(O)ccc2c1.O=[PH](O)O. The summed E-state index contributed by atoms with van der Waals surface area (Å²) in [7, 11) is -3.13. The van der Waals surface area contributed by atoms with Crippen LogP contribution < -0.4 is 0 Å². The molecule has 0 aliphatic rings. The molecular formula is C12H15O4P. The van der Waals surface area contributed by atoms with E-state index < -0.39 is 8.25 Å². The van der Waals surface area contributed by atoms with Gasteiger partial charge in [-0.1, -0.05) is 31.2 Å². The Morgan fingerprint density at radius 3 is 2.18 bits per heavy atom. The first kappa shape index (κ1) is 13.7. The number of hydrogen-bond acceptors (Lipinski definition) is 2. The van der Waals surface area contributed by atoms with Gasteiger partial charge >= 0.3 is 8.25 Å². The van der Waals surface area contributed by atoms with Crippen LogP contribution in [0.2, 0.25) is 0 Å². The van der Waals surface area contributed by atoms with Crippen LogP contribution in [0.3, 0.4) is 0 Å². The van der Waals surface area contributed by atoms with E-state index in [0.717, 1.165) is 11.8 Å². The molecule has 92 valence electrons. The highest BCUT2D eigenvalue weighted by atomic mass is 31.1. The summed E-state index contributed by atoms with van der Waals surface area (Å²) in [4.78, 5) is 14.3. The molecule has 0 saturated carbocycles. The number of aromatic hydroxyl groups is 1.